The van der Waals surface area contributed by atoms with E-state index in [4.69, 9.17) is 74.3 Å². The van der Waals surface area contributed by atoms with Crippen molar-refractivity contribution in [3.8, 4) is 5.75 Å². The Kier molecular flexibility index (Phi) is 6.39. The van der Waals surface area contributed by atoms with Gasteiger partial charge in [-0.05, 0) is 23.9 Å². The zero-order valence-electron chi connectivity index (χ0n) is 11.2. The van der Waals surface area contributed by atoms with Crippen LogP contribution in [-0.4, -0.2) is 22.1 Å². The lowest BCUT2D eigenvalue weighted by molar-refractivity contribution is 0.405. The van der Waals surface area contributed by atoms with E-state index in [1.54, 1.807) is 13.2 Å². The molecule has 0 N–H and O–H groups in total. The van der Waals surface area contributed by atoms with E-state index >= 15 is 0 Å². The van der Waals surface area contributed by atoms with Crippen molar-refractivity contribution in [2.45, 2.75) is 17.6 Å². The number of rotatable bonds is 3. The molecule has 4 nitrogen and oxygen atoms in total. The van der Waals surface area contributed by atoms with Gasteiger partial charge >= 0.3 is 0 Å². The average molecular weight is 454 g/mol. The molecular formula is C12H7Cl6N3OS. The largest absolute Gasteiger partial charge is 0.496 e. The Bertz CT molecular complexity index is 672. The fourth-order valence-electron chi connectivity index (χ4n) is 1.46. The average Bonchev–Trinajstić information content (AvgIpc) is 2.45. The third-order valence-corrected chi connectivity index (χ3v) is 4.33. The van der Waals surface area contributed by atoms with E-state index in [1.165, 1.54) is 0 Å². The van der Waals surface area contributed by atoms with Crippen LogP contribution in [0.25, 0.3) is 0 Å². The second kappa shape index (κ2) is 7.56. The number of alkyl halides is 6. The van der Waals surface area contributed by atoms with Crippen LogP contribution in [0.1, 0.15) is 11.6 Å². The molecule has 0 saturated heterocycles. The summed E-state index contributed by atoms with van der Waals surface area (Å²) < 4.78 is 1.49. The fraction of sp³-hybridized carbons (Fsp3) is 0.250. The summed E-state index contributed by atoms with van der Waals surface area (Å²) >= 11 is 36.1. The molecule has 0 bridgehead atoms. The molecule has 2 rings (SSSR count). The SMILES string of the molecule is COc1ccccc1Sc1nc(C(Cl)(Cl)Cl)nc(C(Cl)(Cl)Cl)n1. The Morgan fingerprint density at radius 2 is 1.39 bits per heavy atom. The van der Waals surface area contributed by atoms with Gasteiger partial charge in [-0.3, -0.25) is 0 Å². The number of methoxy groups -OCH3 is 1. The van der Waals surface area contributed by atoms with Gasteiger partial charge in [0.2, 0.25) is 7.59 Å². The number of hydrogen-bond acceptors (Lipinski definition) is 5. The third-order valence-electron chi connectivity index (χ3n) is 2.39. The van der Waals surface area contributed by atoms with Gasteiger partial charge in [0.1, 0.15) is 5.75 Å². The summed E-state index contributed by atoms with van der Waals surface area (Å²) in [6, 6.07) is 7.26. The predicted octanol–water partition coefficient (Wildman–Crippen LogP) is 5.68. The first kappa shape index (κ1) is 19.4. The van der Waals surface area contributed by atoms with Crippen LogP contribution in [0.4, 0.5) is 0 Å². The maximum atomic E-state index is 5.83. The highest BCUT2D eigenvalue weighted by atomic mass is 35.6. The molecule has 0 aliphatic heterocycles. The second-order valence-corrected chi connectivity index (χ2v) is 9.59. The summed E-state index contributed by atoms with van der Waals surface area (Å²) in [5, 5.41) is 0.201. The molecule has 0 amide bonds. The van der Waals surface area contributed by atoms with Crippen LogP contribution >= 0.6 is 81.4 Å². The first-order valence-electron chi connectivity index (χ1n) is 5.82. The first-order chi connectivity index (χ1) is 10.6. The monoisotopic (exact) mass is 451 g/mol. The van der Waals surface area contributed by atoms with E-state index in [1.807, 2.05) is 18.2 Å². The van der Waals surface area contributed by atoms with E-state index in [9.17, 15) is 0 Å². The highest BCUT2D eigenvalue weighted by Gasteiger charge is 2.34. The molecular weight excluding hydrogens is 447 g/mol. The Balaban J connectivity index is 2.49. The molecule has 0 atom stereocenters. The smallest absolute Gasteiger partial charge is 0.250 e. The van der Waals surface area contributed by atoms with Gasteiger partial charge in [-0.15, -0.1) is 0 Å². The van der Waals surface area contributed by atoms with Crippen LogP contribution in [0.5, 0.6) is 5.75 Å². The number of ether oxygens (including phenoxy) is 1. The van der Waals surface area contributed by atoms with Crippen molar-refractivity contribution in [1.82, 2.24) is 15.0 Å². The van der Waals surface area contributed by atoms with Gasteiger partial charge in [-0.2, -0.15) is 0 Å². The molecule has 1 heterocycles. The van der Waals surface area contributed by atoms with Crippen LogP contribution in [0.2, 0.25) is 0 Å². The van der Waals surface area contributed by atoms with Crippen molar-refractivity contribution in [2.24, 2.45) is 0 Å². The van der Waals surface area contributed by atoms with Crippen molar-refractivity contribution in [1.29, 1.82) is 0 Å². The molecule has 1 aromatic carbocycles. The van der Waals surface area contributed by atoms with Crippen LogP contribution in [0.15, 0.2) is 34.3 Å². The van der Waals surface area contributed by atoms with E-state index in [0.29, 0.717) is 5.75 Å². The predicted molar refractivity (Wildman–Crippen MR) is 95.4 cm³/mol. The van der Waals surface area contributed by atoms with Gasteiger partial charge in [-0.1, -0.05) is 81.7 Å². The quantitative estimate of drug-likeness (QED) is 0.559. The minimum absolute atomic E-state index is 0.142. The molecule has 0 fully saturated rings. The number of para-hydroxylation sites is 1. The van der Waals surface area contributed by atoms with Crippen LogP contribution in [0.3, 0.4) is 0 Å². The van der Waals surface area contributed by atoms with Gasteiger partial charge in [0, 0.05) is 0 Å². The van der Waals surface area contributed by atoms with E-state index in [-0.39, 0.29) is 16.8 Å². The summed E-state index contributed by atoms with van der Waals surface area (Å²) in [5.41, 5.74) is 0. The maximum absolute atomic E-state index is 5.83. The van der Waals surface area contributed by atoms with E-state index in [2.05, 4.69) is 15.0 Å². The molecule has 0 spiro atoms. The third kappa shape index (κ3) is 5.30. The van der Waals surface area contributed by atoms with Crippen molar-refractivity contribution in [3.05, 3.63) is 35.9 Å². The molecule has 0 unspecified atom stereocenters. The Labute approximate surface area is 166 Å². The molecule has 124 valence electrons. The summed E-state index contributed by atoms with van der Waals surface area (Å²) in [5.74, 6) is 0.344. The van der Waals surface area contributed by atoms with Gasteiger partial charge in [0.15, 0.2) is 16.8 Å². The Morgan fingerprint density at radius 1 is 0.870 bits per heavy atom. The van der Waals surface area contributed by atoms with E-state index in [0.717, 1.165) is 16.7 Å². The summed E-state index contributed by atoms with van der Waals surface area (Å²) in [6.07, 6.45) is 0. The van der Waals surface area contributed by atoms with Crippen molar-refractivity contribution < 1.29 is 4.74 Å². The summed E-state index contributed by atoms with van der Waals surface area (Å²) in [7, 11) is 1.55. The lowest BCUT2D eigenvalue weighted by Crippen LogP contribution is -2.16. The van der Waals surface area contributed by atoms with Crippen molar-refractivity contribution >= 4 is 81.4 Å². The van der Waals surface area contributed by atoms with Gasteiger partial charge < -0.3 is 4.74 Å². The highest BCUT2D eigenvalue weighted by Crippen LogP contribution is 2.42. The zero-order chi connectivity index (χ0) is 17.3. The first-order valence-corrected chi connectivity index (χ1v) is 8.91. The molecule has 0 aliphatic carbocycles. The van der Waals surface area contributed by atoms with Crippen LogP contribution in [0, 0.1) is 0 Å². The molecule has 2 aromatic rings. The van der Waals surface area contributed by atoms with Crippen LogP contribution < -0.4 is 4.74 Å². The number of hydrogen-bond donors (Lipinski definition) is 0. The lowest BCUT2D eigenvalue weighted by Gasteiger charge is -2.15. The van der Waals surface area contributed by atoms with Gasteiger partial charge in [0.05, 0.1) is 12.0 Å². The van der Waals surface area contributed by atoms with Crippen molar-refractivity contribution in [3.63, 3.8) is 0 Å². The van der Waals surface area contributed by atoms with Gasteiger partial charge in [-0.25, -0.2) is 15.0 Å². The van der Waals surface area contributed by atoms with Crippen molar-refractivity contribution in [2.75, 3.05) is 7.11 Å². The molecule has 23 heavy (non-hydrogen) atoms. The highest BCUT2D eigenvalue weighted by molar-refractivity contribution is 7.99. The Hall–Kier alpha value is 0.120. The number of halogens is 6. The minimum atomic E-state index is -1.89. The standard InChI is InChI=1S/C12H7Cl6N3OS/c1-22-6-4-2-3-5-7(6)23-10-20-8(11(13,14)15)19-9(21-10)12(16,17)18/h2-5H,1H3. The number of nitrogens with zero attached hydrogens (tertiary/aromatic N) is 3. The fourth-order valence-corrected chi connectivity index (χ4v) is 2.82. The molecule has 0 radical (unpaired) electrons. The second-order valence-electron chi connectivity index (χ2n) is 4.01. The number of benzene rings is 1. The van der Waals surface area contributed by atoms with E-state index < -0.39 is 7.59 Å². The molecule has 1 aromatic heterocycles. The topological polar surface area (TPSA) is 47.9 Å². The van der Waals surface area contributed by atoms with Gasteiger partial charge in [0.25, 0.3) is 0 Å². The number of aromatic nitrogens is 3. The summed E-state index contributed by atoms with van der Waals surface area (Å²) in [4.78, 5) is 12.8. The molecule has 11 heteroatoms. The molecule has 0 saturated carbocycles. The lowest BCUT2D eigenvalue weighted by atomic mass is 10.3. The maximum Gasteiger partial charge on any atom is 0.250 e. The zero-order valence-corrected chi connectivity index (χ0v) is 16.6. The van der Waals surface area contributed by atoms with Crippen LogP contribution in [-0.2, 0) is 7.59 Å². The Morgan fingerprint density at radius 3 is 1.87 bits per heavy atom. The minimum Gasteiger partial charge on any atom is -0.496 e. The molecule has 0 aliphatic rings. The summed E-state index contributed by atoms with van der Waals surface area (Å²) in [6.45, 7) is 0. The normalized spacial score (nSPS) is 12.3.